The summed E-state index contributed by atoms with van der Waals surface area (Å²) in [5, 5.41) is 15.3. The van der Waals surface area contributed by atoms with E-state index >= 15 is 0 Å². The van der Waals surface area contributed by atoms with Gasteiger partial charge in [0.15, 0.2) is 0 Å². The van der Waals surface area contributed by atoms with Crippen molar-refractivity contribution < 1.29 is 0 Å². The Hall–Kier alpha value is -2.17. The van der Waals surface area contributed by atoms with E-state index in [2.05, 4.69) is 70.2 Å². The van der Waals surface area contributed by atoms with Crippen molar-refractivity contribution in [3.05, 3.63) is 74.3 Å². The van der Waals surface area contributed by atoms with Crippen molar-refractivity contribution in [3.63, 3.8) is 0 Å². The second-order valence-electron chi connectivity index (χ2n) is 5.41. The first-order valence-corrected chi connectivity index (χ1v) is 9.83. The summed E-state index contributed by atoms with van der Waals surface area (Å²) in [5.74, 6) is 0. The van der Waals surface area contributed by atoms with Crippen molar-refractivity contribution in [2.45, 2.75) is 13.3 Å². The van der Waals surface area contributed by atoms with Crippen molar-refractivity contribution in [2.75, 3.05) is 5.32 Å². The van der Waals surface area contributed by atoms with Crippen molar-refractivity contribution in [1.29, 1.82) is 5.26 Å². The molecule has 0 radical (unpaired) electrons. The maximum absolute atomic E-state index is 9.46. The Balaban J connectivity index is 1.79. The normalized spacial score (nSPS) is 11.2. The van der Waals surface area contributed by atoms with E-state index in [1.54, 1.807) is 6.20 Å². The van der Waals surface area contributed by atoms with Crippen LogP contribution in [0.1, 0.15) is 17.5 Å². The van der Waals surface area contributed by atoms with Gasteiger partial charge in [0, 0.05) is 26.4 Å². The quantitative estimate of drug-likeness (QED) is 0.380. The van der Waals surface area contributed by atoms with E-state index < -0.39 is 0 Å². The van der Waals surface area contributed by atoms with Gasteiger partial charge in [0.1, 0.15) is 16.6 Å². The van der Waals surface area contributed by atoms with Crippen LogP contribution in [0.25, 0.3) is 16.8 Å². The number of nitrogens with one attached hydrogen (secondary N) is 1. The number of hydrogen-bond donors (Lipinski definition) is 1. The van der Waals surface area contributed by atoms with Gasteiger partial charge in [-0.25, -0.2) is 4.98 Å². The molecular weight excluding hydrogens is 441 g/mol. The number of thiazole rings is 1. The predicted molar refractivity (Wildman–Crippen MR) is 113 cm³/mol. The van der Waals surface area contributed by atoms with Crippen molar-refractivity contribution in [1.82, 2.24) is 4.98 Å². The molecule has 2 aromatic carbocycles. The predicted octanol–water partition coefficient (Wildman–Crippen LogP) is 5.95. The average molecular weight is 457 g/mol. The lowest BCUT2D eigenvalue weighted by Gasteiger charge is -2.01. The number of hydrogen-bond acceptors (Lipinski definition) is 4. The molecule has 5 heteroatoms. The molecule has 0 unspecified atom stereocenters. The average Bonchev–Trinajstić information content (AvgIpc) is 3.14. The minimum absolute atomic E-state index is 0.528. The maximum Gasteiger partial charge on any atom is 0.136 e. The fraction of sp³-hybridized carbons (Fsp3) is 0.100. The highest BCUT2D eigenvalue weighted by Gasteiger charge is 2.09. The molecule has 0 atom stereocenters. The molecule has 25 heavy (non-hydrogen) atoms. The molecule has 3 aromatic rings. The Kier molecular flexibility index (Phi) is 5.84. The van der Waals surface area contributed by atoms with Gasteiger partial charge in [0.2, 0.25) is 0 Å². The Morgan fingerprint density at radius 2 is 1.92 bits per heavy atom. The van der Waals surface area contributed by atoms with Crippen LogP contribution in [0.2, 0.25) is 0 Å². The van der Waals surface area contributed by atoms with E-state index in [9.17, 15) is 5.26 Å². The monoisotopic (exact) mass is 457 g/mol. The molecule has 0 aliphatic rings. The van der Waals surface area contributed by atoms with E-state index in [0.717, 1.165) is 28.4 Å². The van der Waals surface area contributed by atoms with Crippen LogP contribution in [-0.4, -0.2) is 4.98 Å². The molecule has 0 fully saturated rings. The fourth-order valence-corrected chi connectivity index (χ4v) is 3.44. The standard InChI is InChI=1S/C20H16IN3S/c1-2-14-3-5-15(6-4-14)19-13-25-20(24-19)16(11-22)12-23-18-9-7-17(21)8-10-18/h3-10,12-13,23H,2H2,1H3/b16-12+. The molecule has 1 aromatic heterocycles. The highest BCUT2D eigenvalue weighted by atomic mass is 127. The first-order chi connectivity index (χ1) is 12.2. The first kappa shape index (κ1) is 17.6. The van der Waals surface area contributed by atoms with Crippen LogP contribution in [0.3, 0.4) is 0 Å². The van der Waals surface area contributed by atoms with Crippen molar-refractivity contribution in [2.24, 2.45) is 0 Å². The Labute approximate surface area is 165 Å². The molecule has 0 spiro atoms. The van der Waals surface area contributed by atoms with E-state index in [1.807, 2.05) is 29.6 Å². The number of nitriles is 1. The van der Waals surface area contributed by atoms with Gasteiger partial charge in [-0.2, -0.15) is 5.26 Å². The zero-order chi connectivity index (χ0) is 17.6. The zero-order valence-corrected chi connectivity index (χ0v) is 16.6. The van der Waals surface area contributed by atoms with Crippen LogP contribution in [-0.2, 0) is 6.42 Å². The molecule has 0 amide bonds. The van der Waals surface area contributed by atoms with E-state index in [1.165, 1.54) is 20.5 Å². The summed E-state index contributed by atoms with van der Waals surface area (Å²) in [4.78, 5) is 4.62. The van der Waals surface area contributed by atoms with Gasteiger partial charge in [0.25, 0.3) is 0 Å². The Morgan fingerprint density at radius 1 is 1.20 bits per heavy atom. The summed E-state index contributed by atoms with van der Waals surface area (Å²) in [6, 6.07) is 18.6. The number of aromatic nitrogens is 1. The van der Waals surface area contributed by atoms with Crippen LogP contribution >= 0.6 is 33.9 Å². The molecule has 1 heterocycles. The molecule has 0 saturated carbocycles. The third-order valence-corrected chi connectivity index (χ3v) is 5.34. The largest absolute Gasteiger partial charge is 0.360 e. The number of anilines is 1. The molecule has 1 N–H and O–H groups in total. The minimum Gasteiger partial charge on any atom is -0.360 e. The SMILES string of the molecule is CCc1ccc(-c2csc(/C(C#N)=C/Nc3ccc(I)cc3)n2)cc1. The van der Waals surface area contributed by atoms with Crippen molar-refractivity contribution in [3.8, 4) is 17.3 Å². The molecule has 3 nitrogen and oxygen atoms in total. The van der Waals surface area contributed by atoms with Gasteiger partial charge >= 0.3 is 0 Å². The Morgan fingerprint density at radius 3 is 2.56 bits per heavy atom. The smallest absolute Gasteiger partial charge is 0.136 e. The molecular formula is C20H16IN3S. The second kappa shape index (κ2) is 8.28. The van der Waals surface area contributed by atoms with Crippen LogP contribution < -0.4 is 5.32 Å². The number of halogens is 1. The number of benzene rings is 2. The molecule has 3 rings (SSSR count). The lowest BCUT2D eigenvalue weighted by atomic mass is 10.1. The summed E-state index contributed by atoms with van der Waals surface area (Å²) >= 11 is 3.75. The lowest BCUT2D eigenvalue weighted by Crippen LogP contribution is -1.91. The molecule has 0 bridgehead atoms. The van der Waals surface area contributed by atoms with Crippen molar-refractivity contribution >= 4 is 45.2 Å². The van der Waals surface area contributed by atoms with E-state index in [0.29, 0.717) is 5.57 Å². The number of rotatable bonds is 5. The first-order valence-electron chi connectivity index (χ1n) is 7.87. The van der Waals surface area contributed by atoms with Gasteiger partial charge in [0.05, 0.1) is 5.69 Å². The van der Waals surface area contributed by atoms with Crippen LogP contribution in [0.4, 0.5) is 5.69 Å². The lowest BCUT2D eigenvalue weighted by molar-refractivity contribution is 1.14. The van der Waals surface area contributed by atoms with Gasteiger partial charge in [-0.05, 0) is 58.8 Å². The summed E-state index contributed by atoms with van der Waals surface area (Å²) in [6.45, 7) is 2.14. The highest BCUT2D eigenvalue weighted by molar-refractivity contribution is 14.1. The number of allylic oxidation sites excluding steroid dienone is 1. The molecule has 0 aliphatic carbocycles. The second-order valence-corrected chi connectivity index (χ2v) is 7.51. The topological polar surface area (TPSA) is 48.7 Å². The van der Waals surface area contributed by atoms with Crippen LogP contribution in [0, 0.1) is 14.9 Å². The third-order valence-electron chi connectivity index (χ3n) is 3.74. The summed E-state index contributed by atoms with van der Waals surface area (Å²) in [7, 11) is 0. The number of aryl methyl sites for hydroxylation is 1. The highest BCUT2D eigenvalue weighted by Crippen LogP contribution is 2.26. The Bertz CT molecular complexity index is 919. The summed E-state index contributed by atoms with van der Waals surface area (Å²) in [6.07, 6.45) is 2.74. The van der Waals surface area contributed by atoms with Crippen LogP contribution in [0.5, 0.6) is 0 Å². The number of nitrogens with zero attached hydrogens (tertiary/aromatic N) is 2. The minimum atomic E-state index is 0.528. The van der Waals surface area contributed by atoms with Gasteiger partial charge < -0.3 is 5.32 Å². The fourth-order valence-electron chi connectivity index (χ4n) is 2.28. The molecule has 0 saturated heterocycles. The van der Waals surface area contributed by atoms with E-state index in [4.69, 9.17) is 0 Å². The summed E-state index contributed by atoms with van der Waals surface area (Å²) < 4.78 is 1.17. The molecule has 0 aliphatic heterocycles. The van der Waals surface area contributed by atoms with E-state index in [-0.39, 0.29) is 0 Å². The zero-order valence-electron chi connectivity index (χ0n) is 13.7. The molecule has 124 valence electrons. The van der Waals surface area contributed by atoms with Gasteiger partial charge in [-0.1, -0.05) is 31.2 Å². The maximum atomic E-state index is 9.46. The van der Waals surface area contributed by atoms with Crippen LogP contribution in [0.15, 0.2) is 60.1 Å². The summed E-state index contributed by atoms with van der Waals surface area (Å²) in [5.41, 5.74) is 4.75. The van der Waals surface area contributed by atoms with Gasteiger partial charge in [-0.15, -0.1) is 11.3 Å². The third kappa shape index (κ3) is 4.47. The van der Waals surface area contributed by atoms with Gasteiger partial charge in [-0.3, -0.25) is 0 Å².